The third kappa shape index (κ3) is 6.27. The summed E-state index contributed by atoms with van der Waals surface area (Å²) < 4.78 is 32.0. The van der Waals surface area contributed by atoms with E-state index in [0.717, 1.165) is 16.7 Å². The van der Waals surface area contributed by atoms with Crippen molar-refractivity contribution < 1.29 is 52.7 Å². The number of hydrogen-bond donors (Lipinski definition) is 0. The molecule has 42 heavy (non-hydrogen) atoms. The monoisotopic (exact) mass is 603 g/mol. The molecule has 1 amide bonds. The second-order valence-corrected chi connectivity index (χ2v) is 10.0. The number of rotatable bonds is 10. The second kappa shape index (κ2) is 12.4. The van der Waals surface area contributed by atoms with Gasteiger partial charge in [0.2, 0.25) is 6.10 Å². The molecule has 2 fully saturated rings. The molecule has 2 aromatic rings. The number of amides is 1. The molecule has 17 heteroatoms. The Morgan fingerprint density at radius 1 is 0.905 bits per heavy atom. The van der Waals surface area contributed by atoms with Crippen molar-refractivity contribution in [1.82, 2.24) is 4.90 Å². The molecule has 0 aliphatic carbocycles. The highest BCUT2D eigenvalue weighted by atomic mass is 32.2. The number of nitro groups is 2. The number of carbonyl (C=O) groups excluding carboxylic acids is 3. The predicted octanol–water partition coefficient (Wildman–Crippen LogP) is 2.74. The van der Waals surface area contributed by atoms with Gasteiger partial charge < -0.3 is 28.4 Å². The highest BCUT2D eigenvalue weighted by Gasteiger charge is 2.60. The fraction of sp³-hybridized carbons (Fsp3) is 0.320. The molecular formula is C25H21N3O13S. The molecule has 0 aromatic heterocycles. The topological polar surface area (TPSA) is 196 Å². The average molecular weight is 604 g/mol. The van der Waals surface area contributed by atoms with Gasteiger partial charge in [-0.2, -0.15) is 0 Å². The molecule has 0 bridgehead atoms. The van der Waals surface area contributed by atoms with E-state index < -0.39 is 45.5 Å². The van der Waals surface area contributed by atoms with Crippen LogP contribution in [0.3, 0.4) is 0 Å². The van der Waals surface area contributed by atoms with E-state index >= 15 is 0 Å². The number of thioether (sulfide) groups is 1. The molecule has 2 aromatic carbocycles. The van der Waals surface area contributed by atoms with Crippen LogP contribution in [-0.4, -0.2) is 70.4 Å². The van der Waals surface area contributed by atoms with E-state index in [1.807, 2.05) is 0 Å². The zero-order valence-corrected chi connectivity index (χ0v) is 22.3. The van der Waals surface area contributed by atoms with Crippen LogP contribution in [0.2, 0.25) is 0 Å². The zero-order valence-electron chi connectivity index (χ0n) is 21.4. The first-order valence-electron chi connectivity index (χ1n) is 12.2. The molecular weight excluding hydrogens is 582 g/mol. The van der Waals surface area contributed by atoms with Crippen molar-refractivity contribution in [2.24, 2.45) is 0 Å². The number of nitro benzene ring substituents is 2. The van der Waals surface area contributed by atoms with Crippen molar-refractivity contribution in [3.8, 4) is 0 Å². The smallest absolute Gasteiger partial charge is 0.477 e. The second-order valence-electron chi connectivity index (χ2n) is 8.95. The quantitative estimate of drug-likeness (QED) is 0.166. The number of benzene rings is 2. The summed E-state index contributed by atoms with van der Waals surface area (Å²) in [6.45, 7) is -0.0734. The van der Waals surface area contributed by atoms with E-state index in [9.17, 15) is 34.6 Å². The molecule has 0 N–H and O–H groups in total. The first-order chi connectivity index (χ1) is 20.2. The summed E-state index contributed by atoms with van der Waals surface area (Å²) in [5.74, 6) is -1.61. The van der Waals surface area contributed by atoms with E-state index in [1.165, 1.54) is 48.5 Å². The minimum absolute atomic E-state index is 0.0477. The number of ether oxygens (including phenoxy) is 6. The Bertz CT molecular complexity index is 1420. The van der Waals surface area contributed by atoms with Crippen LogP contribution in [0.15, 0.2) is 59.3 Å². The molecule has 3 heterocycles. The number of nitrogens with zero attached hydrogens (tertiary/aromatic N) is 3. The number of non-ortho nitro benzene ring substituents is 2. The maximum atomic E-state index is 13.1. The maximum absolute atomic E-state index is 13.1. The molecule has 0 saturated carbocycles. The van der Waals surface area contributed by atoms with Gasteiger partial charge in [0.05, 0.1) is 23.1 Å². The lowest BCUT2D eigenvalue weighted by molar-refractivity contribution is -0.385. The Morgan fingerprint density at radius 3 is 2.00 bits per heavy atom. The Balaban J connectivity index is 1.22. The Kier molecular flexibility index (Phi) is 8.51. The molecule has 220 valence electrons. The largest absolute Gasteiger partial charge is 0.509 e. The summed E-state index contributed by atoms with van der Waals surface area (Å²) in [4.78, 5) is 60.1. The van der Waals surface area contributed by atoms with Gasteiger partial charge in [0.25, 0.3) is 17.3 Å². The van der Waals surface area contributed by atoms with Gasteiger partial charge in [-0.05, 0) is 35.4 Å². The molecule has 2 saturated heterocycles. The van der Waals surface area contributed by atoms with Crippen LogP contribution in [0.5, 0.6) is 0 Å². The van der Waals surface area contributed by atoms with Crippen molar-refractivity contribution in [2.45, 2.75) is 30.8 Å². The number of fused-ring (bicyclic) bond motifs is 1. The van der Waals surface area contributed by atoms with Gasteiger partial charge in [-0.3, -0.25) is 29.9 Å². The highest BCUT2D eigenvalue weighted by Crippen LogP contribution is 2.48. The van der Waals surface area contributed by atoms with Crippen molar-refractivity contribution >= 4 is 41.2 Å². The SMILES string of the molecule is O=C(OCc1ccc([N+](=O)[O-])cc1)OC1C(=O)N2C(C(=O)OCc3ccc([N+](=O)[O-])cc3)=C(OC3COCOC3)S[C@H]12. The predicted molar refractivity (Wildman–Crippen MR) is 138 cm³/mol. The van der Waals surface area contributed by atoms with Gasteiger partial charge >= 0.3 is 12.1 Å². The van der Waals surface area contributed by atoms with Crippen LogP contribution < -0.4 is 0 Å². The van der Waals surface area contributed by atoms with Crippen LogP contribution in [0.1, 0.15) is 11.1 Å². The fourth-order valence-electron chi connectivity index (χ4n) is 4.04. The Labute approximate surface area is 240 Å². The van der Waals surface area contributed by atoms with Gasteiger partial charge in [0.15, 0.2) is 10.8 Å². The third-order valence-corrected chi connectivity index (χ3v) is 7.34. The molecule has 1 unspecified atom stereocenters. The van der Waals surface area contributed by atoms with Gasteiger partial charge in [-0.25, -0.2) is 9.59 Å². The molecule has 5 rings (SSSR count). The average Bonchev–Trinajstić information content (AvgIpc) is 3.33. The van der Waals surface area contributed by atoms with E-state index in [0.29, 0.717) is 11.1 Å². The molecule has 2 atom stereocenters. The number of β-lactam (4-membered cyclic amide) rings is 1. The number of hydrogen-bond acceptors (Lipinski definition) is 14. The fourth-order valence-corrected chi connectivity index (χ4v) is 5.35. The lowest BCUT2D eigenvalue weighted by Crippen LogP contribution is -2.62. The van der Waals surface area contributed by atoms with Crippen molar-refractivity contribution in [3.63, 3.8) is 0 Å². The van der Waals surface area contributed by atoms with Gasteiger partial charge in [0.1, 0.15) is 31.5 Å². The zero-order chi connectivity index (χ0) is 29.8. The normalized spacial score (nSPS) is 19.9. The highest BCUT2D eigenvalue weighted by molar-refractivity contribution is 8.03. The Hall–Kier alpha value is -4.74. The first-order valence-corrected chi connectivity index (χ1v) is 13.1. The Morgan fingerprint density at radius 2 is 1.45 bits per heavy atom. The van der Waals surface area contributed by atoms with Gasteiger partial charge in [0, 0.05) is 24.3 Å². The maximum Gasteiger partial charge on any atom is 0.509 e. The van der Waals surface area contributed by atoms with Crippen LogP contribution in [0, 0.1) is 20.2 Å². The molecule has 16 nitrogen and oxygen atoms in total. The summed E-state index contributed by atoms with van der Waals surface area (Å²) in [6, 6.07) is 10.7. The number of carbonyl (C=O) groups is 3. The third-order valence-electron chi connectivity index (χ3n) is 6.14. The molecule has 3 aliphatic heterocycles. The van der Waals surface area contributed by atoms with Crippen molar-refractivity contribution in [2.75, 3.05) is 20.0 Å². The first kappa shape index (κ1) is 28.8. The minimum Gasteiger partial charge on any atom is -0.477 e. The molecule has 0 radical (unpaired) electrons. The van der Waals surface area contributed by atoms with Crippen molar-refractivity contribution in [3.05, 3.63) is 90.7 Å². The molecule has 0 spiro atoms. The van der Waals surface area contributed by atoms with E-state index in [1.54, 1.807) is 0 Å². The minimum atomic E-state index is -1.29. The number of esters is 1. The van der Waals surface area contributed by atoms with Crippen LogP contribution in [0.4, 0.5) is 16.2 Å². The van der Waals surface area contributed by atoms with E-state index in [2.05, 4.69) is 0 Å². The lowest BCUT2D eigenvalue weighted by Gasteiger charge is -2.40. The van der Waals surface area contributed by atoms with E-state index in [-0.39, 0.29) is 55.4 Å². The summed E-state index contributed by atoms with van der Waals surface area (Å²) in [6.07, 6.45) is -3.03. The van der Waals surface area contributed by atoms with E-state index in [4.69, 9.17) is 28.4 Å². The van der Waals surface area contributed by atoms with Crippen LogP contribution in [-0.2, 0) is 51.2 Å². The van der Waals surface area contributed by atoms with Crippen molar-refractivity contribution in [1.29, 1.82) is 0 Å². The van der Waals surface area contributed by atoms with Gasteiger partial charge in [-0.1, -0.05) is 11.8 Å². The lowest BCUT2D eigenvalue weighted by atomic mass is 10.1. The molecule has 3 aliphatic rings. The van der Waals surface area contributed by atoms with Gasteiger partial charge in [-0.15, -0.1) is 0 Å². The summed E-state index contributed by atoms with van der Waals surface area (Å²) in [7, 11) is 0. The summed E-state index contributed by atoms with van der Waals surface area (Å²) in [5.41, 5.74) is 0.487. The van der Waals surface area contributed by atoms with Crippen LogP contribution in [0.25, 0.3) is 0 Å². The summed E-state index contributed by atoms with van der Waals surface area (Å²) >= 11 is 0.969. The van der Waals surface area contributed by atoms with Crippen LogP contribution >= 0.6 is 11.8 Å². The standard InChI is InChI=1S/C25H21N3O13S/c29-21-20(41-25(31)39-10-15-3-7-17(8-4-15)28(34)35)22-26(21)19(24(42-22)40-18-11-36-13-37-12-18)23(30)38-9-14-1-5-16(6-2-14)27(32)33/h1-8,18,20,22H,9-13H2/t20?,22-/m1/s1. The summed E-state index contributed by atoms with van der Waals surface area (Å²) in [5, 5.41) is 20.9.